The zero-order valence-corrected chi connectivity index (χ0v) is 8.48. The highest BCUT2D eigenvalue weighted by atomic mass is 19.4. The van der Waals surface area contributed by atoms with E-state index in [1.807, 2.05) is 0 Å². The summed E-state index contributed by atoms with van der Waals surface area (Å²) in [5, 5.41) is 13.9. The smallest absolute Gasteiger partial charge is 0.450 e. The topological polar surface area (TPSA) is 57.5 Å². The van der Waals surface area contributed by atoms with Gasteiger partial charge in [0.25, 0.3) is 0 Å². The minimum Gasteiger partial charge on any atom is -0.450 e. The molecule has 0 rings (SSSR count). The average molecular weight is 258 g/mol. The average Bonchev–Trinajstić information content (AvgIpc) is 2.02. The van der Waals surface area contributed by atoms with Gasteiger partial charge in [0, 0.05) is 12.8 Å². The minimum atomic E-state index is -3.96. The summed E-state index contributed by atoms with van der Waals surface area (Å²) in [6.45, 7) is 2.17. The molecule has 2 N–H and O–H groups in total. The number of alkyl halides is 6. The molecule has 0 aromatic rings. The van der Waals surface area contributed by atoms with Gasteiger partial charge in [0.2, 0.25) is 0 Å². The summed E-state index contributed by atoms with van der Waals surface area (Å²) in [6, 6.07) is 0. The molecule has 0 aliphatic rings. The zero-order chi connectivity index (χ0) is 14.0. The number of carboxylic acid groups (broad SMARTS) is 2. The van der Waals surface area contributed by atoms with Crippen LogP contribution in [0.3, 0.4) is 0 Å². The maximum atomic E-state index is 10.8. The van der Waals surface area contributed by atoms with Crippen molar-refractivity contribution in [3.05, 3.63) is 0 Å². The Kier molecular flexibility index (Phi) is 11.5. The van der Waals surface area contributed by atoms with Crippen LogP contribution >= 0.6 is 0 Å². The van der Waals surface area contributed by atoms with Crippen LogP contribution in [0.5, 0.6) is 0 Å². The molecule has 0 heterocycles. The molecule has 9 heteroatoms. The fourth-order valence-corrected chi connectivity index (χ4v) is 0. The fourth-order valence-electron chi connectivity index (χ4n) is 0. The molecule has 0 spiro atoms. The Hall–Kier alpha value is -1.15. The molecule has 0 aliphatic heterocycles. The van der Waals surface area contributed by atoms with Crippen LogP contribution < -0.4 is 0 Å². The van der Waals surface area contributed by atoms with Crippen LogP contribution in [-0.4, -0.2) is 28.7 Å². The molecular weight excluding hydrogens is 246 g/mol. The number of hydrogen-bond donors (Lipinski definition) is 2. The van der Waals surface area contributed by atoms with Crippen molar-refractivity contribution in [1.82, 2.24) is 0 Å². The standard InChI is InChI=1S/2C3H5F3.CH2O3/c2*1-2-3(4,5)6;2-1(3)4/h2*2H2,1H3;(H2,2,3,4). The third-order valence-electron chi connectivity index (χ3n) is 0.802. The normalized spacial score (nSPS) is 10.5. The third-order valence-corrected chi connectivity index (χ3v) is 0.802. The Morgan fingerprint density at radius 3 is 0.938 bits per heavy atom. The lowest BCUT2D eigenvalue weighted by Crippen LogP contribution is -2.02. The first-order chi connectivity index (χ1) is 6.85. The van der Waals surface area contributed by atoms with Gasteiger partial charge in [-0.05, 0) is 0 Å². The Bertz CT molecular complexity index is 156. The fraction of sp³-hybridized carbons (Fsp3) is 0.857. The van der Waals surface area contributed by atoms with E-state index in [0.29, 0.717) is 0 Å². The lowest BCUT2D eigenvalue weighted by Gasteiger charge is -1.96. The van der Waals surface area contributed by atoms with E-state index in [9.17, 15) is 26.3 Å². The second-order valence-corrected chi connectivity index (χ2v) is 2.22. The molecule has 0 bridgehead atoms. The lowest BCUT2D eigenvalue weighted by molar-refractivity contribution is -0.131. The second-order valence-electron chi connectivity index (χ2n) is 2.22. The van der Waals surface area contributed by atoms with Crippen LogP contribution in [0.15, 0.2) is 0 Å². The lowest BCUT2D eigenvalue weighted by atomic mass is 10.5. The van der Waals surface area contributed by atoms with Crippen molar-refractivity contribution in [2.75, 3.05) is 0 Å². The molecule has 0 saturated heterocycles. The molecule has 0 amide bonds. The van der Waals surface area contributed by atoms with Crippen molar-refractivity contribution < 1.29 is 41.4 Å². The van der Waals surface area contributed by atoms with Crippen molar-refractivity contribution in [3.63, 3.8) is 0 Å². The maximum Gasteiger partial charge on any atom is 0.503 e. The molecule has 0 aromatic carbocycles. The Morgan fingerprint density at radius 2 is 0.938 bits per heavy atom. The molecule has 0 radical (unpaired) electrons. The number of halogens is 6. The van der Waals surface area contributed by atoms with Crippen LogP contribution in [0, 0.1) is 0 Å². The van der Waals surface area contributed by atoms with Gasteiger partial charge in [-0.2, -0.15) is 26.3 Å². The molecule has 0 fully saturated rings. The maximum absolute atomic E-state index is 10.8. The molecule has 0 atom stereocenters. The molecule has 100 valence electrons. The van der Waals surface area contributed by atoms with E-state index < -0.39 is 31.3 Å². The van der Waals surface area contributed by atoms with E-state index in [4.69, 9.17) is 15.0 Å². The summed E-state index contributed by atoms with van der Waals surface area (Å²) in [5.41, 5.74) is 0. The first-order valence-corrected chi connectivity index (χ1v) is 3.91. The van der Waals surface area contributed by atoms with E-state index >= 15 is 0 Å². The SMILES string of the molecule is CCC(F)(F)F.CCC(F)(F)F.O=C(O)O. The van der Waals surface area contributed by atoms with Crippen LogP contribution in [-0.2, 0) is 0 Å². The van der Waals surface area contributed by atoms with Crippen molar-refractivity contribution in [3.8, 4) is 0 Å². The first kappa shape index (κ1) is 20.3. The third kappa shape index (κ3) is 76.7. The van der Waals surface area contributed by atoms with Gasteiger partial charge in [-0.3, -0.25) is 0 Å². The van der Waals surface area contributed by atoms with Gasteiger partial charge >= 0.3 is 18.5 Å². The summed E-state index contributed by atoms with van der Waals surface area (Å²) in [4.78, 5) is 8.56. The highest BCUT2D eigenvalue weighted by Crippen LogP contribution is 2.17. The van der Waals surface area contributed by atoms with Gasteiger partial charge in [-0.1, -0.05) is 13.8 Å². The monoisotopic (exact) mass is 258 g/mol. The summed E-state index contributed by atoms with van der Waals surface area (Å²) in [6.07, 6.45) is -11.2. The van der Waals surface area contributed by atoms with Gasteiger partial charge in [0.1, 0.15) is 0 Å². The predicted molar refractivity (Wildman–Crippen MR) is 43.3 cm³/mol. The number of rotatable bonds is 0. The summed E-state index contributed by atoms with van der Waals surface area (Å²) in [7, 11) is 0. The molecule has 0 aromatic heterocycles. The highest BCUT2D eigenvalue weighted by molar-refractivity contribution is 5.53. The minimum absolute atomic E-state index is 0.729. The van der Waals surface area contributed by atoms with Crippen LogP contribution in [0.25, 0.3) is 0 Å². The predicted octanol–water partition coefficient (Wildman–Crippen LogP) is 4.14. The van der Waals surface area contributed by atoms with E-state index in [2.05, 4.69) is 0 Å². The number of hydrogen-bond acceptors (Lipinski definition) is 1. The molecule has 0 saturated carbocycles. The first-order valence-electron chi connectivity index (χ1n) is 3.91. The van der Waals surface area contributed by atoms with Gasteiger partial charge in [-0.25, -0.2) is 4.79 Å². The van der Waals surface area contributed by atoms with Crippen molar-refractivity contribution >= 4 is 6.16 Å². The molecule has 0 aliphatic carbocycles. The molecule has 16 heavy (non-hydrogen) atoms. The largest absolute Gasteiger partial charge is 0.503 e. The Morgan fingerprint density at radius 1 is 0.875 bits per heavy atom. The Balaban J connectivity index is -0.000000162. The van der Waals surface area contributed by atoms with Crippen molar-refractivity contribution in [2.24, 2.45) is 0 Å². The molecule has 3 nitrogen and oxygen atoms in total. The number of carbonyl (C=O) groups is 1. The summed E-state index contributed by atoms with van der Waals surface area (Å²) >= 11 is 0. The Labute approximate surface area is 87.7 Å². The highest BCUT2D eigenvalue weighted by Gasteiger charge is 2.23. The van der Waals surface area contributed by atoms with Gasteiger partial charge in [0.15, 0.2) is 0 Å². The van der Waals surface area contributed by atoms with E-state index in [-0.39, 0.29) is 0 Å². The van der Waals surface area contributed by atoms with Gasteiger partial charge in [0.05, 0.1) is 0 Å². The zero-order valence-electron chi connectivity index (χ0n) is 8.48. The van der Waals surface area contributed by atoms with Crippen LogP contribution in [0.2, 0.25) is 0 Å². The summed E-state index contributed by atoms with van der Waals surface area (Å²) < 4.78 is 64.7. The molecule has 0 unspecified atom stereocenters. The van der Waals surface area contributed by atoms with Crippen LogP contribution in [0.4, 0.5) is 31.1 Å². The van der Waals surface area contributed by atoms with Crippen LogP contribution in [0.1, 0.15) is 26.7 Å². The molecular formula is C7H12F6O3. The second kappa shape index (κ2) is 9.10. The van der Waals surface area contributed by atoms with Gasteiger partial charge in [-0.15, -0.1) is 0 Å². The van der Waals surface area contributed by atoms with Crippen molar-refractivity contribution in [2.45, 2.75) is 39.0 Å². The summed E-state index contributed by atoms with van der Waals surface area (Å²) in [5.74, 6) is 0. The van der Waals surface area contributed by atoms with E-state index in [1.54, 1.807) is 0 Å². The quantitative estimate of drug-likeness (QED) is 0.642. The van der Waals surface area contributed by atoms with Crippen molar-refractivity contribution in [1.29, 1.82) is 0 Å². The van der Waals surface area contributed by atoms with E-state index in [0.717, 1.165) is 13.8 Å². The van der Waals surface area contributed by atoms with E-state index in [1.165, 1.54) is 0 Å². The van der Waals surface area contributed by atoms with Gasteiger partial charge < -0.3 is 10.2 Å².